The monoisotopic (exact) mass is 239 g/mol. The number of aromatic carboxylic acids is 1. The van der Waals surface area contributed by atoms with Crippen molar-refractivity contribution in [2.24, 2.45) is 0 Å². The molecule has 0 spiro atoms. The maximum atomic E-state index is 10.9. The molecule has 0 amide bonds. The van der Waals surface area contributed by atoms with Crippen LogP contribution in [-0.4, -0.2) is 39.2 Å². The van der Waals surface area contributed by atoms with Crippen LogP contribution in [0.2, 0.25) is 0 Å². The van der Waals surface area contributed by atoms with Crippen molar-refractivity contribution in [3.8, 4) is 0 Å². The van der Waals surface area contributed by atoms with E-state index in [-0.39, 0.29) is 5.01 Å². The van der Waals surface area contributed by atoms with Crippen molar-refractivity contribution in [1.82, 2.24) is 15.0 Å². The van der Waals surface area contributed by atoms with E-state index in [0.29, 0.717) is 0 Å². The Morgan fingerprint density at radius 2 is 1.94 bits per heavy atom. The summed E-state index contributed by atoms with van der Waals surface area (Å²) in [5.41, 5.74) is 0.959. The number of carboxylic acid groups (broad SMARTS) is 1. The van der Waals surface area contributed by atoms with Gasteiger partial charge in [-0.1, -0.05) is 0 Å². The van der Waals surface area contributed by atoms with Gasteiger partial charge in [0.15, 0.2) is 0 Å². The van der Waals surface area contributed by atoms with Crippen molar-refractivity contribution in [2.45, 2.75) is 25.9 Å². The standard InChI is InChI=1S/C10H13N3O2S/c14-10(15)9-11-7-5-12-3-1-2-4-13(12)6-8(7)16-9/h1-6H2,(H,14,15). The Balaban J connectivity index is 1.90. The van der Waals surface area contributed by atoms with Gasteiger partial charge in [0, 0.05) is 24.5 Å². The fourth-order valence-corrected chi connectivity index (χ4v) is 3.21. The fourth-order valence-electron chi connectivity index (χ4n) is 2.29. The number of aromatic nitrogens is 1. The molecule has 1 aromatic heterocycles. The van der Waals surface area contributed by atoms with Crippen LogP contribution in [0.5, 0.6) is 0 Å². The molecule has 1 aromatic rings. The van der Waals surface area contributed by atoms with Crippen LogP contribution in [0.25, 0.3) is 0 Å². The van der Waals surface area contributed by atoms with Crippen LogP contribution in [0, 0.1) is 0 Å². The van der Waals surface area contributed by atoms with Crippen molar-refractivity contribution < 1.29 is 9.90 Å². The van der Waals surface area contributed by atoms with Gasteiger partial charge in [-0.25, -0.2) is 19.8 Å². The highest BCUT2D eigenvalue weighted by molar-refractivity contribution is 7.13. The molecule has 0 bridgehead atoms. The van der Waals surface area contributed by atoms with Gasteiger partial charge in [0.1, 0.15) is 0 Å². The number of rotatable bonds is 1. The summed E-state index contributed by atoms with van der Waals surface area (Å²) in [5.74, 6) is -0.910. The van der Waals surface area contributed by atoms with Crippen molar-refractivity contribution in [1.29, 1.82) is 0 Å². The molecule has 0 radical (unpaired) electrons. The van der Waals surface area contributed by atoms with Crippen molar-refractivity contribution >= 4 is 17.3 Å². The lowest BCUT2D eigenvalue weighted by Crippen LogP contribution is -2.48. The molecule has 86 valence electrons. The van der Waals surface area contributed by atoms with Crippen LogP contribution in [0.1, 0.15) is 33.2 Å². The van der Waals surface area contributed by atoms with E-state index in [4.69, 9.17) is 5.11 Å². The summed E-state index contributed by atoms with van der Waals surface area (Å²) in [4.78, 5) is 16.2. The number of hydrogen-bond donors (Lipinski definition) is 1. The number of nitrogens with zero attached hydrogens (tertiary/aromatic N) is 3. The molecule has 6 heteroatoms. The minimum atomic E-state index is -0.910. The smallest absolute Gasteiger partial charge is 0.365 e. The van der Waals surface area contributed by atoms with Crippen molar-refractivity contribution in [3.05, 3.63) is 15.6 Å². The molecule has 0 aliphatic carbocycles. The molecule has 3 heterocycles. The van der Waals surface area contributed by atoms with Gasteiger partial charge in [0.25, 0.3) is 0 Å². The maximum Gasteiger partial charge on any atom is 0.365 e. The lowest BCUT2D eigenvalue weighted by atomic mass is 10.2. The van der Waals surface area contributed by atoms with Crippen molar-refractivity contribution in [3.63, 3.8) is 0 Å². The van der Waals surface area contributed by atoms with E-state index in [9.17, 15) is 4.79 Å². The van der Waals surface area contributed by atoms with Gasteiger partial charge in [-0.3, -0.25) is 0 Å². The van der Waals surface area contributed by atoms with E-state index in [1.165, 1.54) is 24.2 Å². The van der Waals surface area contributed by atoms with Gasteiger partial charge >= 0.3 is 5.97 Å². The molecule has 0 unspecified atom stereocenters. The van der Waals surface area contributed by atoms with Crippen molar-refractivity contribution in [2.75, 3.05) is 13.1 Å². The summed E-state index contributed by atoms with van der Waals surface area (Å²) in [5, 5.41) is 13.7. The number of carbonyl (C=O) groups is 1. The zero-order chi connectivity index (χ0) is 11.1. The summed E-state index contributed by atoms with van der Waals surface area (Å²) in [6, 6.07) is 0. The Hall–Kier alpha value is -0.980. The summed E-state index contributed by atoms with van der Waals surface area (Å²) in [6.07, 6.45) is 2.46. The quantitative estimate of drug-likeness (QED) is 0.797. The second kappa shape index (κ2) is 3.80. The lowest BCUT2D eigenvalue weighted by Gasteiger charge is -2.41. The third-order valence-electron chi connectivity index (χ3n) is 3.10. The van der Waals surface area contributed by atoms with Crippen LogP contribution < -0.4 is 0 Å². The van der Waals surface area contributed by atoms with Gasteiger partial charge in [0.2, 0.25) is 5.01 Å². The second-order valence-corrected chi connectivity index (χ2v) is 5.26. The highest BCUT2D eigenvalue weighted by atomic mass is 32.1. The van der Waals surface area contributed by atoms with Gasteiger partial charge < -0.3 is 5.11 Å². The van der Waals surface area contributed by atoms with Gasteiger partial charge in [-0.2, -0.15) is 0 Å². The molecular weight excluding hydrogens is 226 g/mol. The fraction of sp³-hybridized carbons (Fsp3) is 0.600. The van der Waals surface area contributed by atoms with Gasteiger partial charge in [0.05, 0.1) is 12.2 Å². The number of thiazole rings is 1. The van der Waals surface area contributed by atoms with E-state index in [1.54, 1.807) is 0 Å². The zero-order valence-corrected chi connectivity index (χ0v) is 9.66. The maximum absolute atomic E-state index is 10.9. The molecule has 2 aliphatic rings. The summed E-state index contributed by atoms with van der Waals surface area (Å²) < 4.78 is 0. The highest BCUT2D eigenvalue weighted by Gasteiger charge is 2.29. The van der Waals surface area contributed by atoms with Crippen LogP contribution in [0.4, 0.5) is 0 Å². The number of fused-ring (bicyclic) bond motifs is 2. The Morgan fingerprint density at radius 1 is 1.25 bits per heavy atom. The molecule has 16 heavy (non-hydrogen) atoms. The Morgan fingerprint density at radius 3 is 2.62 bits per heavy atom. The lowest BCUT2D eigenvalue weighted by molar-refractivity contribution is -0.0751. The molecule has 5 nitrogen and oxygen atoms in total. The first-order valence-electron chi connectivity index (χ1n) is 5.46. The topological polar surface area (TPSA) is 56.7 Å². The third kappa shape index (κ3) is 1.63. The van der Waals surface area contributed by atoms with E-state index < -0.39 is 5.97 Å². The molecule has 1 fully saturated rings. The third-order valence-corrected chi connectivity index (χ3v) is 4.17. The molecule has 0 aromatic carbocycles. The van der Waals surface area contributed by atoms with E-state index in [0.717, 1.165) is 36.8 Å². The summed E-state index contributed by atoms with van der Waals surface area (Å²) in [7, 11) is 0. The van der Waals surface area contributed by atoms with Gasteiger partial charge in [-0.05, 0) is 12.8 Å². The number of carboxylic acids is 1. The van der Waals surface area contributed by atoms with Crippen LogP contribution in [-0.2, 0) is 13.1 Å². The Kier molecular flexibility index (Phi) is 2.42. The Bertz CT molecular complexity index is 400. The van der Waals surface area contributed by atoms with E-state index in [2.05, 4.69) is 15.0 Å². The minimum Gasteiger partial charge on any atom is -0.476 e. The average molecular weight is 239 g/mol. The van der Waals surface area contributed by atoms with Gasteiger partial charge in [-0.15, -0.1) is 11.3 Å². The molecule has 1 saturated heterocycles. The summed E-state index contributed by atoms with van der Waals surface area (Å²) in [6.45, 7) is 3.76. The van der Waals surface area contributed by atoms with E-state index in [1.807, 2.05) is 0 Å². The highest BCUT2D eigenvalue weighted by Crippen LogP contribution is 2.29. The summed E-state index contributed by atoms with van der Waals surface area (Å²) >= 11 is 1.32. The first kappa shape index (κ1) is 10.2. The van der Waals surface area contributed by atoms with Crippen LogP contribution >= 0.6 is 11.3 Å². The number of hydrogen-bond acceptors (Lipinski definition) is 5. The molecule has 0 atom stereocenters. The zero-order valence-electron chi connectivity index (χ0n) is 8.85. The Labute approximate surface area is 97.3 Å². The largest absolute Gasteiger partial charge is 0.476 e. The van der Waals surface area contributed by atoms with Crippen LogP contribution in [0.3, 0.4) is 0 Å². The first-order valence-corrected chi connectivity index (χ1v) is 6.27. The minimum absolute atomic E-state index is 0.228. The first-order chi connectivity index (χ1) is 7.74. The molecule has 3 rings (SSSR count). The average Bonchev–Trinajstić information content (AvgIpc) is 2.68. The molecule has 1 N–H and O–H groups in total. The molecule has 0 saturated carbocycles. The van der Waals surface area contributed by atoms with E-state index >= 15 is 0 Å². The predicted molar refractivity (Wildman–Crippen MR) is 59.1 cm³/mol. The SMILES string of the molecule is O=C(O)c1nc2c(s1)CN1CCCCN1C2. The predicted octanol–water partition coefficient (Wildman–Crippen LogP) is 1.17. The number of hydrazine groups is 1. The molecular formula is C10H13N3O2S. The molecule has 2 aliphatic heterocycles. The van der Waals surface area contributed by atoms with Crippen LogP contribution in [0.15, 0.2) is 0 Å². The second-order valence-electron chi connectivity index (χ2n) is 4.18. The normalized spacial score (nSPS) is 21.5.